The molecule has 0 saturated carbocycles. The Balaban J connectivity index is 1.73. The van der Waals surface area contributed by atoms with Crippen molar-refractivity contribution >= 4 is 27.8 Å². The van der Waals surface area contributed by atoms with Gasteiger partial charge in [0.15, 0.2) is 0 Å². The first-order chi connectivity index (χ1) is 12.5. The van der Waals surface area contributed by atoms with Crippen molar-refractivity contribution in [2.24, 2.45) is 0 Å². The first-order valence-corrected chi connectivity index (χ1v) is 9.72. The molecular formula is C19H20N2O4S. The second-order valence-corrected chi connectivity index (χ2v) is 7.91. The third-order valence-electron chi connectivity index (χ3n) is 4.27. The Kier molecular flexibility index (Phi) is 5.39. The number of para-hydroxylation sites is 1. The summed E-state index contributed by atoms with van der Waals surface area (Å²) in [6.45, 7) is 2.07. The van der Waals surface area contributed by atoms with Gasteiger partial charge < -0.3 is 10.0 Å². The fraction of sp³-hybridized carbons (Fsp3) is 0.211. The van der Waals surface area contributed by atoms with E-state index in [1.54, 1.807) is 12.1 Å². The fourth-order valence-corrected chi connectivity index (χ4v) is 4.40. The van der Waals surface area contributed by atoms with Crippen LogP contribution in [0.5, 0.6) is 0 Å². The number of nitrogens with zero attached hydrogens (tertiary/aromatic N) is 2. The lowest BCUT2D eigenvalue weighted by Gasteiger charge is -2.35. The Morgan fingerprint density at radius 2 is 1.65 bits per heavy atom. The van der Waals surface area contributed by atoms with Crippen molar-refractivity contribution in [3.63, 3.8) is 0 Å². The summed E-state index contributed by atoms with van der Waals surface area (Å²) in [5.74, 6) is -1.07. The monoisotopic (exact) mass is 372 g/mol. The van der Waals surface area contributed by atoms with Crippen LogP contribution in [-0.4, -0.2) is 50.0 Å². The molecular weight excluding hydrogens is 352 g/mol. The zero-order valence-corrected chi connectivity index (χ0v) is 15.0. The summed E-state index contributed by atoms with van der Waals surface area (Å²) < 4.78 is 27.3. The number of hydrogen-bond acceptors (Lipinski definition) is 4. The smallest absolute Gasteiger partial charge is 0.328 e. The molecule has 0 atom stereocenters. The zero-order chi connectivity index (χ0) is 18.6. The van der Waals surface area contributed by atoms with Gasteiger partial charge in [-0.1, -0.05) is 30.3 Å². The average Bonchev–Trinajstić information content (AvgIpc) is 2.67. The van der Waals surface area contributed by atoms with Crippen molar-refractivity contribution in [3.05, 3.63) is 66.2 Å². The quantitative estimate of drug-likeness (QED) is 0.815. The molecule has 2 aromatic carbocycles. The first-order valence-electron chi connectivity index (χ1n) is 8.28. The van der Waals surface area contributed by atoms with Gasteiger partial charge in [-0.3, -0.25) is 0 Å². The van der Waals surface area contributed by atoms with Crippen LogP contribution < -0.4 is 4.90 Å². The molecule has 0 bridgehead atoms. The van der Waals surface area contributed by atoms with Crippen molar-refractivity contribution in [1.82, 2.24) is 4.31 Å². The Labute approximate surface area is 153 Å². The lowest BCUT2D eigenvalue weighted by molar-refractivity contribution is -0.131. The van der Waals surface area contributed by atoms with Crippen LogP contribution in [0.25, 0.3) is 6.08 Å². The molecule has 1 aliphatic heterocycles. The number of benzene rings is 2. The van der Waals surface area contributed by atoms with E-state index in [1.807, 2.05) is 30.3 Å². The summed E-state index contributed by atoms with van der Waals surface area (Å²) in [6.07, 6.45) is 2.37. The van der Waals surface area contributed by atoms with Crippen LogP contribution in [-0.2, 0) is 14.8 Å². The molecule has 0 amide bonds. The predicted molar refractivity (Wildman–Crippen MR) is 101 cm³/mol. The molecule has 3 rings (SSSR count). The summed E-state index contributed by atoms with van der Waals surface area (Å²) in [6, 6.07) is 16.2. The van der Waals surface area contributed by atoms with Crippen LogP contribution >= 0.6 is 0 Å². The summed E-state index contributed by atoms with van der Waals surface area (Å²) in [7, 11) is -3.60. The molecule has 1 N–H and O–H groups in total. The number of carboxylic acids is 1. The van der Waals surface area contributed by atoms with Crippen LogP contribution in [0, 0.1) is 0 Å². The second-order valence-electron chi connectivity index (χ2n) is 5.97. The second kappa shape index (κ2) is 7.72. The maximum absolute atomic E-state index is 12.9. The minimum Gasteiger partial charge on any atom is -0.478 e. The van der Waals surface area contributed by atoms with Crippen molar-refractivity contribution in [3.8, 4) is 0 Å². The van der Waals surface area contributed by atoms with E-state index in [9.17, 15) is 13.2 Å². The number of sulfonamides is 1. The SMILES string of the molecule is O=C(O)C=Cc1cccc(S(=O)(=O)N2CCN(c3ccccc3)CC2)c1. The van der Waals surface area contributed by atoms with Gasteiger partial charge in [0.2, 0.25) is 10.0 Å². The van der Waals surface area contributed by atoms with Crippen LogP contribution in [0.15, 0.2) is 65.6 Å². The summed E-state index contributed by atoms with van der Waals surface area (Å²) in [5, 5.41) is 8.71. The van der Waals surface area contributed by atoms with Crippen LogP contribution in [0.3, 0.4) is 0 Å². The largest absolute Gasteiger partial charge is 0.478 e. The molecule has 1 fully saturated rings. The van der Waals surface area contributed by atoms with Gasteiger partial charge in [-0.2, -0.15) is 4.31 Å². The van der Waals surface area contributed by atoms with Gasteiger partial charge in [0.25, 0.3) is 0 Å². The molecule has 7 heteroatoms. The summed E-state index contributed by atoms with van der Waals surface area (Å²) >= 11 is 0. The van der Waals surface area contributed by atoms with Gasteiger partial charge >= 0.3 is 5.97 Å². The first kappa shape index (κ1) is 18.2. The summed E-state index contributed by atoms with van der Waals surface area (Å²) in [5.41, 5.74) is 1.63. The molecule has 0 unspecified atom stereocenters. The molecule has 0 spiro atoms. The van der Waals surface area contributed by atoms with E-state index in [0.29, 0.717) is 31.7 Å². The highest BCUT2D eigenvalue weighted by Gasteiger charge is 2.28. The molecule has 26 heavy (non-hydrogen) atoms. The molecule has 136 valence electrons. The maximum Gasteiger partial charge on any atom is 0.328 e. The predicted octanol–water partition coefficient (Wildman–Crippen LogP) is 2.30. The minimum atomic E-state index is -3.60. The lowest BCUT2D eigenvalue weighted by Crippen LogP contribution is -2.48. The van der Waals surface area contributed by atoms with E-state index in [1.165, 1.54) is 22.5 Å². The van der Waals surface area contributed by atoms with Gasteiger partial charge in [0.05, 0.1) is 4.90 Å². The number of carboxylic acid groups (broad SMARTS) is 1. The summed E-state index contributed by atoms with van der Waals surface area (Å²) in [4.78, 5) is 13.0. The Hall–Kier alpha value is -2.64. The van der Waals surface area contributed by atoms with E-state index in [4.69, 9.17) is 5.11 Å². The van der Waals surface area contributed by atoms with Crippen LogP contribution in [0.2, 0.25) is 0 Å². The Bertz CT molecular complexity index is 902. The normalized spacial score (nSPS) is 16.1. The van der Waals surface area contributed by atoms with E-state index >= 15 is 0 Å². The van der Waals surface area contributed by atoms with E-state index in [-0.39, 0.29) is 4.90 Å². The Morgan fingerprint density at radius 1 is 0.962 bits per heavy atom. The van der Waals surface area contributed by atoms with Crippen molar-refractivity contribution < 1.29 is 18.3 Å². The third kappa shape index (κ3) is 4.12. The number of aliphatic carboxylic acids is 1. The molecule has 2 aromatic rings. The fourth-order valence-electron chi connectivity index (χ4n) is 2.92. The van der Waals surface area contributed by atoms with Crippen LogP contribution in [0.1, 0.15) is 5.56 Å². The van der Waals surface area contributed by atoms with Crippen LogP contribution in [0.4, 0.5) is 5.69 Å². The Morgan fingerprint density at radius 3 is 2.31 bits per heavy atom. The molecule has 6 nitrogen and oxygen atoms in total. The zero-order valence-electron chi connectivity index (χ0n) is 14.2. The van der Waals surface area contributed by atoms with Crippen molar-refractivity contribution in [2.75, 3.05) is 31.1 Å². The minimum absolute atomic E-state index is 0.179. The van der Waals surface area contributed by atoms with Crippen molar-refractivity contribution in [2.45, 2.75) is 4.90 Å². The molecule has 1 saturated heterocycles. The highest BCUT2D eigenvalue weighted by atomic mass is 32.2. The molecule has 0 aliphatic carbocycles. The highest BCUT2D eigenvalue weighted by molar-refractivity contribution is 7.89. The lowest BCUT2D eigenvalue weighted by atomic mass is 10.2. The number of anilines is 1. The number of hydrogen-bond donors (Lipinski definition) is 1. The van der Waals surface area contributed by atoms with E-state index in [0.717, 1.165) is 11.8 Å². The van der Waals surface area contributed by atoms with Gasteiger partial charge in [0, 0.05) is 37.9 Å². The van der Waals surface area contributed by atoms with E-state index < -0.39 is 16.0 Å². The number of rotatable bonds is 5. The number of carbonyl (C=O) groups is 1. The molecule has 1 aliphatic rings. The third-order valence-corrected chi connectivity index (χ3v) is 6.17. The standard InChI is InChI=1S/C19H20N2O4S/c22-19(23)10-9-16-5-4-8-18(15-16)26(24,25)21-13-11-20(12-14-21)17-6-2-1-3-7-17/h1-10,15H,11-14H2,(H,22,23). The maximum atomic E-state index is 12.9. The molecule has 0 aromatic heterocycles. The van der Waals surface area contributed by atoms with Gasteiger partial charge in [-0.25, -0.2) is 13.2 Å². The number of piperazine rings is 1. The van der Waals surface area contributed by atoms with Gasteiger partial charge in [-0.15, -0.1) is 0 Å². The van der Waals surface area contributed by atoms with Gasteiger partial charge in [-0.05, 0) is 35.9 Å². The van der Waals surface area contributed by atoms with Crippen molar-refractivity contribution in [1.29, 1.82) is 0 Å². The topological polar surface area (TPSA) is 77.9 Å². The van der Waals surface area contributed by atoms with Gasteiger partial charge in [0.1, 0.15) is 0 Å². The van der Waals surface area contributed by atoms with E-state index in [2.05, 4.69) is 4.90 Å². The molecule has 1 heterocycles. The average molecular weight is 372 g/mol. The molecule has 0 radical (unpaired) electrons. The highest BCUT2D eigenvalue weighted by Crippen LogP contribution is 2.22.